The maximum Gasteiger partial charge on any atom is 0.271 e. The van der Waals surface area contributed by atoms with Gasteiger partial charge in [0, 0.05) is 19.6 Å². The Morgan fingerprint density at radius 3 is 2.68 bits per heavy atom. The van der Waals surface area contributed by atoms with Crippen LogP contribution < -0.4 is 16.0 Å². The third kappa shape index (κ3) is 4.74. The van der Waals surface area contributed by atoms with Gasteiger partial charge in [0.05, 0.1) is 6.54 Å². The summed E-state index contributed by atoms with van der Waals surface area (Å²) < 4.78 is 24.8. The van der Waals surface area contributed by atoms with Crippen LogP contribution in [0.15, 0.2) is 12.1 Å². The summed E-state index contributed by atoms with van der Waals surface area (Å²) in [6.07, 6.45) is -2.49. The van der Waals surface area contributed by atoms with Crippen LogP contribution in [0.5, 0.6) is 0 Å². The van der Waals surface area contributed by atoms with Gasteiger partial charge in [0.15, 0.2) is 11.5 Å². The smallest absolute Gasteiger partial charge is 0.271 e. The molecule has 0 radical (unpaired) electrons. The fraction of sp³-hybridized carbons (Fsp3) is 0.545. The quantitative estimate of drug-likeness (QED) is 0.744. The lowest BCUT2D eigenvalue weighted by atomic mass is 10.3. The molecule has 19 heavy (non-hydrogen) atoms. The van der Waals surface area contributed by atoms with Crippen LogP contribution in [-0.4, -0.2) is 48.7 Å². The zero-order chi connectivity index (χ0) is 14.3. The van der Waals surface area contributed by atoms with E-state index in [0.717, 1.165) is 0 Å². The summed E-state index contributed by atoms with van der Waals surface area (Å²) >= 11 is 0. The van der Waals surface area contributed by atoms with E-state index in [-0.39, 0.29) is 30.5 Å². The normalized spacial score (nSPS) is 10.6. The molecule has 0 atom stereocenters. The van der Waals surface area contributed by atoms with Crippen molar-refractivity contribution in [2.24, 2.45) is 5.73 Å². The van der Waals surface area contributed by atoms with Crippen LogP contribution in [-0.2, 0) is 0 Å². The number of nitrogens with one attached hydrogen (secondary N) is 1. The first-order valence-electron chi connectivity index (χ1n) is 5.93. The molecular formula is C11H17F2N5O. The Morgan fingerprint density at radius 2 is 2.21 bits per heavy atom. The van der Waals surface area contributed by atoms with Crippen molar-refractivity contribution < 1.29 is 13.6 Å². The van der Waals surface area contributed by atoms with E-state index in [2.05, 4.69) is 15.5 Å². The van der Waals surface area contributed by atoms with E-state index < -0.39 is 13.0 Å². The topological polar surface area (TPSA) is 84.1 Å². The van der Waals surface area contributed by atoms with E-state index in [1.807, 2.05) is 0 Å². The number of carbonyl (C=O) groups is 1. The molecule has 1 aromatic rings. The Kier molecular flexibility index (Phi) is 6.07. The third-order valence-corrected chi connectivity index (χ3v) is 2.30. The number of rotatable bonds is 7. The number of hydrogen-bond donors (Lipinski definition) is 2. The predicted octanol–water partition coefficient (Wildman–Crippen LogP) is 0.257. The van der Waals surface area contributed by atoms with Gasteiger partial charge in [-0.1, -0.05) is 0 Å². The summed E-state index contributed by atoms with van der Waals surface area (Å²) in [7, 11) is 0. The minimum Gasteiger partial charge on any atom is -0.351 e. The highest BCUT2D eigenvalue weighted by molar-refractivity contribution is 5.92. The fourth-order valence-electron chi connectivity index (χ4n) is 1.49. The van der Waals surface area contributed by atoms with Crippen LogP contribution >= 0.6 is 0 Å². The van der Waals surface area contributed by atoms with E-state index in [1.165, 1.54) is 17.0 Å². The maximum atomic E-state index is 12.4. The lowest BCUT2D eigenvalue weighted by Crippen LogP contribution is -2.34. The SMILES string of the molecule is CCNC(=O)c1ccc(N(CCN)CC(F)F)nn1. The van der Waals surface area contributed by atoms with E-state index in [0.29, 0.717) is 6.54 Å². The number of anilines is 1. The number of aromatic nitrogens is 2. The van der Waals surface area contributed by atoms with Gasteiger partial charge < -0.3 is 16.0 Å². The lowest BCUT2D eigenvalue weighted by Gasteiger charge is -2.21. The van der Waals surface area contributed by atoms with Crippen molar-refractivity contribution in [2.45, 2.75) is 13.3 Å². The molecule has 1 rings (SSSR count). The molecule has 0 aliphatic heterocycles. The van der Waals surface area contributed by atoms with Crippen molar-refractivity contribution in [1.82, 2.24) is 15.5 Å². The van der Waals surface area contributed by atoms with Crippen LogP contribution in [0.25, 0.3) is 0 Å². The van der Waals surface area contributed by atoms with Crippen LogP contribution in [0, 0.1) is 0 Å². The molecular weight excluding hydrogens is 256 g/mol. The van der Waals surface area contributed by atoms with E-state index >= 15 is 0 Å². The molecule has 8 heteroatoms. The zero-order valence-electron chi connectivity index (χ0n) is 10.6. The van der Waals surface area contributed by atoms with Gasteiger partial charge in [-0.2, -0.15) is 0 Å². The lowest BCUT2D eigenvalue weighted by molar-refractivity contribution is 0.0949. The average molecular weight is 273 g/mol. The van der Waals surface area contributed by atoms with Gasteiger partial charge in [-0.05, 0) is 19.1 Å². The molecule has 1 heterocycles. The minimum atomic E-state index is -2.49. The number of amides is 1. The number of halogens is 2. The summed E-state index contributed by atoms with van der Waals surface area (Å²) in [6.45, 7) is 2.27. The highest BCUT2D eigenvalue weighted by Crippen LogP contribution is 2.11. The first-order valence-corrected chi connectivity index (χ1v) is 5.93. The second kappa shape index (κ2) is 7.57. The monoisotopic (exact) mass is 273 g/mol. The molecule has 106 valence electrons. The van der Waals surface area contributed by atoms with Gasteiger partial charge in [0.1, 0.15) is 0 Å². The number of carbonyl (C=O) groups excluding carboxylic acids is 1. The van der Waals surface area contributed by atoms with E-state index in [1.54, 1.807) is 6.92 Å². The van der Waals surface area contributed by atoms with Gasteiger partial charge >= 0.3 is 0 Å². The Balaban J connectivity index is 2.79. The zero-order valence-corrected chi connectivity index (χ0v) is 10.6. The minimum absolute atomic E-state index is 0.148. The molecule has 1 amide bonds. The Morgan fingerprint density at radius 1 is 1.47 bits per heavy atom. The van der Waals surface area contributed by atoms with Crippen molar-refractivity contribution in [3.63, 3.8) is 0 Å². The van der Waals surface area contributed by atoms with Gasteiger partial charge in [-0.25, -0.2) is 8.78 Å². The molecule has 3 N–H and O–H groups in total. The third-order valence-electron chi connectivity index (χ3n) is 2.30. The molecule has 0 unspecified atom stereocenters. The molecule has 0 aliphatic carbocycles. The van der Waals surface area contributed by atoms with Gasteiger partial charge in [0.25, 0.3) is 12.3 Å². The van der Waals surface area contributed by atoms with Gasteiger partial charge in [-0.15, -0.1) is 10.2 Å². The summed E-state index contributed by atoms with van der Waals surface area (Å²) in [5.41, 5.74) is 5.51. The summed E-state index contributed by atoms with van der Waals surface area (Å²) in [5, 5.41) is 10.1. The number of alkyl halides is 2. The first kappa shape index (κ1) is 15.2. The van der Waals surface area contributed by atoms with E-state index in [9.17, 15) is 13.6 Å². The Hall–Kier alpha value is -1.83. The second-order valence-electron chi connectivity index (χ2n) is 3.76. The van der Waals surface area contributed by atoms with Gasteiger partial charge in [0.2, 0.25) is 0 Å². The summed E-state index contributed by atoms with van der Waals surface area (Å²) in [5.74, 6) is -0.0698. The Bertz CT molecular complexity index is 399. The van der Waals surface area contributed by atoms with Crippen LogP contribution in [0.4, 0.5) is 14.6 Å². The summed E-state index contributed by atoms with van der Waals surface area (Å²) in [6, 6.07) is 2.93. The van der Waals surface area contributed by atoms with Gasteiger partial charge in [-0.3, -0.25) is 4.79 Å². The van der Waals surface area contributed by atoms with Crippen LogP contribution in [0.2, 0.25) is 0 Å². The Labute approximate surface area is 110 Å². The number of hydrogen-bond acceptors (Lipinski definition) is 5. The van der Waals surface area contributed by atoms with Crippen molar-refractivity contribution in [3.8, 4) is 0 Å². The highest BCUT2D eigenvalue weighted by atomic mass is 19.3. The second-order valence-corrected chi connectivity index (χ2v) is 3.76. The largest absolute Gasteiger partial charge is 0.351 e. The van der Waals surface area contributed by atoms with Crippen LogP contribution in [0.1, 0.15) is 17.4 Å². The highest BCUT2D eigenvalue weighted by Gasteiger charge is 2.15. The maximum absolute atomic E-state index is 12.4. The van der Waals surface area contributed by atoms with Crippen molar-refractivity contribution in [2.75, 3.05) is 31.1 Å². The van der Waals surface area contributed by atoms with Crippen molar-refractivity contribution in [3.05, 3.63) is 17.8 Å². The molecule has 0 saturated heterocycles. The molecule has 0 aromatic carbocycles. The molecule has 0 fully saturated rings. The molecule has 0 spiro atoms. The summed E-state index contributed by atoms with van der Waals surface area (Å²) in [4.78, 5) is 12.8. The average Bonchev–Trinajstić information content (AvgIpc) is 2.38. The molecule has 1 aromatic heterocycles. The van der Waals surface area contributed by atoms with Crippen molar-refractivity contribution >= 4 is 11.7 Å². The van der Waals surface area contributed by atoms with Crippen LogP contribution in [0.3, 0.4) is 0 Å². The molecule has 0 saturated carbocycles. The molecule has 6 nitrogen and oxygen atoms in total. The standard InChI is InChI=1S/C11H17F2N5O/c1-2-15-11(19)8-3-4-10(17-16-8)18(6-5-14)7-9(12)13/h3-4,9H,2,5-7,14H2,1H3,(H,15,19). The van der Waals surface area contributed by atoms with Crippen molar-refractivity contribution in [1.29, 1.82) is 0 Å². The molecule has 0 aliphatic rings. The number of nitrogens with zero attached hydrogens (tertiary/aromatic N) is 3. The van der Waals surface area contributed by atoms with E-state index in [4.69, 9.17) is 5.73 Å². The molecule has 0 bridgehead atoms. The first-order chi connectivity index (χ1) is 9.08. The predicted molar refractivity (Wildman–Crippen MR) is 67.3 cm³/mol. The fourth-order valence-corrected chi connectivity index (χ4v) is 1.49. The number of nitrogens with two attached hydrogens (primary N) is 1.